The predicted octanol–water partition coefficient (Wildman–Crippen LogP) is 10.7. The van der Waals surface area contributed by atoms with Crippen molar-refractivity contribution < 1.29 is 34.1 Å². The third kappa shape index (κ3) is 15.3. The lowest BCUT2D eigenvalue weighted by atomic mass is 10.0. The van der Waals surface area contributed by atoms with E-state index in [2.05, 4.69) is 17.6 Å². The number of rotatable bonds is 26. The molecule has 9 nitrogen and oxygen atoms in total. The van der Waals surface area contributed by atoms with Crippen LogP contribution < -0.4 is 15.4 Å². The molecule has 0 fully saturated rings. The van der Waals surface area contributed by atoms with Crippen molar-refractivity contribution in [1.82, 2.24) is 0 Å². The third-order valence-corrected chi connectivity index (χ3v) is 8.69. The molecular weight excluding hydrogens is 632 g/mol. The number of amides is 1. The van der Waals surface area contributed by atoms with Crippen LogP contribution in [-0.2, 0) is 4.79 Å². The largest absolute Gasteiger partial charge is 0.494 e. The minimum Gasteiger partial charge on any atom is -0.494 e. The van der Waals surface area contributed by atoms with Crippen molar-refractivity contribution >= 4 is 40.7 Å². The molecule has 0 unspecified atom stereocenters. The second kappa shape index (κ2) is 22.9. The molecule has 3 rings (SSSR count). The summed E-state index contributed by atoms with van der Waals surface area (Å²) >= 11 is 0. The van der Waals surface area contributed by atoms with Crippen molar-refractivity contribution in [3.05, 3.63) is 83.4 Å². The molecule has 50 heavy (non-hydrogen) atoms. The highest BCUT2D eigenvalue weighted by Gasteiger charge is 2.16. The van der Waals surface area contributed by atoms with Gasteiger partial charge in [0.2, 0.25) is 5.91 Å². The van der Waals surface area contributed by atoms with Crippen LogP contribution in [0.3, 0.4) is 0 Å². The molecular formula is C41H54N2O7. The molecule has 0 spiro atoms. The zero-order chi connectivity index (χ0) is 36.0. The Balaban J connectivity index is 1.30. The number of Topliss-reactive ketones (excluding diaryl/α,β-unsaturated/α-hetero) is 1. The second-order valence-electron chi connectivity index (χ2n) is 12.9. The van der Waals surface area contributed by atoms with Gasteiger partial charge >= 0.3 is 11.9 Å². The Kier molecular flexibility index (Phi) is 18.2. The Labute approximate surface area is 296 Å². The molecule has 0 heterocycles. The number of anilines is 3. The minimum absolute atomic E-state index is 0.0492. The number of benzene rings is 3. The van der Waals surface area contributed by atoms with Crippen LogP contribution in [0.1, 0.15) is 147 Å². The van der Waals surface area contributed by atoms with Crippen molar-refractivity contribution in [1.29, 1.82) is 0 Å². The molecule has 0 aliphatic carbocycles. The molecule has 0 aromatic heterocycles. The Bertz CT molecular complexity index is 1500. The van der Waals surface area contributed by atoms with Gasteiger partial charge in [-0.2, -0.15) is 0 Å². The van der Waals surface area contributed by atoms with Gasteiger partial charge in [0.05, 0.1) is 29.8 Å². The molecule has 3 aromatic rings. The van der Waals surface area contributed by atoms with Gasteiger partial charge in [-0.25, -0.2) is 9.59 Å². The van der Waals surface area contributed by atoms with Gasteiger partial charge in [0, 0.05) is 16.9 Å². The summed E-state index contributed by atoms with van der Waals surface area (Å²) in [5.41, 5.74) is 1.11. The number of ketones is 1. The molecule has 9 heteroatoms. The normalized spacial score (nSPS) is 10.8. The highest BCUT2D eigenvalue weighted by Crippen LogP contribution is 2.26. The van der Waals surface area contributed by atoms with E-state index in [4.69, 9.17) is 4.74 Å². The SMILES string of the molecule is CCCCCCCCCCCCCCCCCCOc1ccc(C(=O)CC(=O)Nc2ccc(Nc3cccc(C(=O)O)c3)c(C(=O)O)c2)cc1. The van der Waals surface area contributed by atoms with Crippen LogP contribution in [0.4, 0.5) is 17.1 Å². The van der Waals surface area contributed by atoms with Crippen molar-refractivity contribution in [2.75, 3.05) is 17.2 Å². The van der Waals surface area contributed by atoms with Gasteiger partial charge in [0.15, 0.2) is 5.78 Å². The quantitative estimate of drug-likeness (QED) is 0.0371. The maximum atomic E-state index is 12.7. The topological polar surface area (TPSA) is 142 Å². The average Bonchev–Trinajstić information content (AvgIpc) is 3.10. The maximum absolute atomic E-state index is 12.7. The molecule has 0 saturated heterocycles. The van der Waals surface area contributed by atoms with Gasteiger partial charge < -0.3 is 25.6 Å². The lowest BCUT2D eigenvalue weighted by Gasteiger charge is -2.13. The van der Waals surface area contributed by atoms with Crippen LogP contribution in [0.2, 0.25) is 0 Å². The van der Waals surface area contributed by atoms with Crippen LogP contribution in [0.15, 0.2) is 66.7 Å². The van der Waals surface area contributed by atoms with E-state index >= 15 is 0 Å². The zero-order valence-electron chi connectivity index (χ0n) is 29.5. The fraction of sp³-hybridized carbons (Fsp3) is 0.463. The number of ether oxygens (including phenoxy) is 1. The average molecular weight is 687 g/mol. The van der Waals surface area contributed by atoms with Crippen LogP contribution in [-0.4, -0.2) is 40.4 Å². The molecule has 0 aliphatic heterocycles. The van der Waals surface area contributed by atoms with Gasteiger partial charge in [-0.05, 0) is 67.1 Å². The Hall–Kier alpha value is -4.66. The summed E-state index contributed by atoms with van der Waals surface area (Å²) in [6, 6.07) is 17.0. The van der Waals surface area contributed by atoms with Gasteiger partial charge in [-0.15, -0.1) is 0 Å². The van der Waals surface area contributed by atoms with E-state index in [9.17, 15) is 29.4 Å². The van der Waals surface area contributed by atoms with Crippen molar-refractivity contribution in [2.45, 2.75) is 116 Å². The summed E-state index contributed by atoms with van der Waals surface area (Å²) in [6.07, 6.45) is 20.7. The molecule has 1 amide bonds. The first-order chi connectivity index (χ1) is 24.3. The van der Waals surface area contributed by atoms with Crippen LogP contribution in [0, 0.1) is 0 Å². The standard InChI is InChI=1S/C41H54N2O7/c1-2-3-4-5-6-7-8-9-10-11-12-13-14-15-16-17-27-50-35-24-21-31(22-25-35)38(44)30-39(45)43-34-23-26-37(36(29-34)41(48)49)42-33-20-18-19-32(28-33)40(46)47/h18-26,28-29,42H,2-17,27,30H2,1H3,(H,43,45)(H,46,47)(H,48,49). The Morgan fingerprint density at radius 2 is 1.18 bits per heavy atom. The van der Waals surface area contributed by atoms with Crippen LogP contribution in [0.25, 0.3) is 0 Å². The zero-order valence-corrected chi connectivity index (χ0v) is 29.5. The summed E-state index contributed by atoms with van der Waals surface area (Å²) in [7, 11) is 0. The lowest BCUT2D eigenvalue weighted by molar-refractivity contribution is -0.115. The van der Waals surface area contributed by atoms with Gasteiger partial charge in [-0.3, -0.25) is 9.59 Å². The van der Waals surface area contributed by atoms with E-state index in [-0.39, 0.29) is 28.3 Å². The smallest absolute Gasteiger partial charge is 0.337 e. The number of hydrogen-bond acceptors (Lipinski definition) is 6. The van der Waals surface area contributed by atoms with Crippen molar-refractivity contribution in [3.63, 3.8) is 0 Å². The molecule has 0 saturated carbocycles. The second-order valence-corrected chi connectivity index (χ2v) is 12.9. The number of aromatic carboxylic acids is 2. The van der Waals surface area contributed by atoms with Crippen molar-refractivity contribution in [2.24, 2.45) is 0 Å². The molecule has 4 N–H and O–H groups in total. The maximum Gasteiger partial charge on any atom is 0.337 e. The van der Waals surface area contributed by atoms with Gasteiger partial charge in [-0.1, -0.05) is 109 Å². The summed E-state index contributed by atoms with van der Waals surface area (Å²) in [4.78, 5) is 48.5. The number of carboxylic acid groups (broad SMARTS) is 2. The first kappa shape index (κ1) is 39.8. The number of carboxylic acids is 2. The molecule has 0 atom stereocenters. The third-order valence-electron chi connectivity index (χ3n) is 8.69. The van der Waals surface area contributed by atoms with Crippen LogP contribution in [0.5, 0.6) is 5.75 Å². The van der Waals surface area contributed by atoms with Gasteiger partial charge in [0.25, 0.3) is 0 Å². The summed E-state index contributed by atoms with van der Waals surface area (Å²) in [5, 5.41) is 24.4. The minimum atomic E-state index is -1.24. The number of carbonyl (C=O) groups excluding carboxylic acids is 2. The first-order valence-corrected chi connectivity index (χ1v) is 18.3. The highest BCUT2D eigenvalue weighted by atomic mass is 16.5. The highest BCUT2D eigenvalue weighted by molar-refractivity contribution is 6.11. The molecule has 270 valence electrons. The fourth-order valence-corrected chi connectivity index (χ4v) is 5.82. The Morgan fingerprint density at radius 3 is 1.74 bits per heavy atom. The number of nitrogens with one attached hydrogen (secondary N) is 2. The van der Waals surface area contributed by atoms with Crippen molar-refractivity contribution in [3.8, 4) is 5.75 Å². The number of hydrogen-bond donors (Lipinski definition) is 4. The molecule has 3 aromatic carbocycles. The van der Waals surface area contributed by atoms with Crippen LogP contribution >= 0.6 is 0 Å². The van der Waals surface area contributed by atoms with E-state index in [0.29, 0.717) is 23.6 Å². The summed E-state index contributed by atoms with van der Waals surface area (Å²) < 4.78 is 5.84. The predicted molar refractivity (Wildman–Crippen MR) is 199 cm³/mol. The molecule has 0 bridgehead atoms. The summed E-state index contributed by atoms with van der Waals surface area (Å²) in [6.45, 7) is 2.89. The first-order valence-electron chi connectivity index (χ1n) is 18.3. The number of unbranched alkanes of at least 4 members (excludes halogenated alkanes) is 15. The van der Waals surface area contributed by atoms with E-state index in [1.807, 2.05) is 0 Å². The molecule has 0 radical (unpaired) electrons. The lowest BCUT2D eigenvalue weighted by Crippen LogP contribution is -2.17. The van der Waals surface area contributed by atoms with E-state index in [0.717, 1.165) is 12.8 Å². The molecule has 0 aliphatic rings. The van der Waals surface area contributed by atoms with Gasteiger partial charge in [0.1, 0.15) is 5.75 Å². The van der Waals surface area contributed by atoms with E-state index in [1.165, 1.54) is 120 Å². The Morgan fingerprint density at radius 1 is 0.600 bits per heavy atom. The summed E-state index contributed by atoms with van der Waals surface area (Å²) in [5.74, 6) is -2.63. The monoisotopic (exact) mass is 686 g/mol. The van der Waals surface area contributed by atoms with E-state index < -0.39 is 24.3 Å². The number of carbonyl (C=O) groups is 4. The fourth-order valence-electron chi connectivity index (χ4n) is 5.82. The van der Waals surface area contributed by atoms with E-state index in [1.54, 1.807) is 36.4 Å².